The van der Waals surface area contributed by atoms with Crippen LogP contribution in [0.4, 0.5) is 11.4 Å². The molecule has 0 aliphatic rings. The Balaban J connectivity index is 1.85. The summed E-state index contributed by atoms with van der Waals surface area (Å²) >= 11 is 0. The van der Waals surface area contributed by atoms with Crippen LogP contribution in [0.25, 0.3) is 0 Å². The van der Waals surface area contributed by atoms with Gasteiger partial charge in [0.1, 0.15) is 12.4 Å². The van der Waals surface area contributed by atoms with E-state index in [9.17, 15) is 4.79 Å². The van der Waals surface area contributed by atoms with Crippen molar-refractivity contribution in [3.8, 4) is 5.75 Å². The molecule has 0 bridgehead atoms. The molecule has 0 saturated heterocycles. The Morgan fingerprint density at radius 1 is 1.09 bits per heavy atom. The summed E-state index contributed by atoms with van der Waals surface area (Å²) in [5.74, 6) is 0.692. The van der Waals surface area contributed by atoms with E-state index in [2.05, 4.69) is 23.3 Å². The maximum absolute atomic E-state index is 12.0. The van der Waals surface area contributed by atoms with E-state index in [0.717, 1.165) is 28.3 Å². The van der Waals surface area contributed by atoms with Crippen LogP contribution < -0.4 is 15.4 Å². The molecule has 0 aliphatic carbocycles. The summed E-state index contributed by atoms with van der Waals surface area (Å²) < 4.78 is 5.41. The molecule has 2 aromatic rings. The molecule has 0 heterocycles. The fourth-order valence-electron chi connectivity index (χ4n) is 2.26. The van der Waals surface area contributed by atoms with Crippen molar-refractivity contribution in [2.45, 2.75) is 13.8 Å². The van der Waals surface area contributed by atoms with Gasteiger partial charge in [-0.05, 0) is 61.4 Å². The first-order valence-corrected chi connectivity index (χ1v) is 7.52. The number of ether oxygens (including phenoxy) is 1. The predicted octanol–water partition coefficient (Wildman–Crippen LogP) is 3.92. The van der Waals surface area contributed by atoms with E-state index in [4.69, 9.17) is 4.74 Å². The Hall–Kier alpha value is -2.75. The third-order valence-electron chi connectivity index (χ3n) is 3.18. The Kier molecular flexibility index (Phi) is 5.80. The van der Waals surface area contributed by atoms with Gasteiger partial charge in [0.05, 0.1) is 6.54 Å². The first-order chi connectivity index (χ1) is 11.1. The van der Waals surface area contributed by atoms with E-state index >= 15 is 0 Å². The average molecular weight is 310 g/mol. The summed E-state index contributed by atoms with van der Waals surface area (Å²) in [6.07, 6.45) is 1.70. The zero-order chi connectivity index (χ0) is 16.7. The Morgan fingerprint density at radius 3 is 2.35 bits per heavy atom. The topological polar surface area (TPSA) is 50.4 Å². The Labute approximate surface area is 137 Å². The molecule has 0 aromatic heterocycles. The summed E-state index contributed by atoms with van der Waals surface area (Å²) in [6.45, 7) is 8.31. The van der Waals surface area contributed by atoms with Crippen molar-refractivity contribution < 1.29 is 9.53 Å². The predicted molar refractivity (Wildman–Crippen MR) is 95.2 cm³/mol. The van der Waals surface area contributed by atoms with Crippen LogP contribution in [-0.4, -0.2) is 19.1 Å². The normalized spacial score (nSPS) is 10.0. The smallest absolute Gasteiger partial charge is 0.243 e. The van der Waals surface area contributed by atoms with Crippen molar-refractivity contribution >= 4 is 17.3 Å². The van der Waals surface area contributed by atoms with E-state index in [1.807, 2.05) is 50.2 Å². The van der Waals surface area contributed by atoms with Crippen molar-refractivity contribution in [1.82, 2.24) is 0 Å². The van der Waals surface area contributed by atoms with Crippen LogP contribution in [0.3, 0.4) is 0 Å². The van der Waals surface area contributed by atoms with Gasteiger partial charge in [0.25, 0.3) is 0 Å². The van der Waals surface area contributed by atoms with Gasteiger partial charge >= 0.3 is 0 Å². The maximum atomic E-state index is 12.0. The van der Waals surface area contributed by atoms with Crippen molar-refractivity contribution in [3.63, 3.8) is 0 Å². The van der Waals surface area contributed by atoms with Gasteiger partial charge in [0.2, 0.25) is 5.91 Å². The molecule has 4 nitrogen and oxygen atoms in total. The molecule has 120 valence electrons. The van der Waals surface area contributed by atoms with Crippen LogP contribution in [0.15, 0.2) is 55.1 Å². The highest BCUT2D eigenvalue weighted by Gasteiger charge is 2.03. The van der Waals surface area contributed by atoms with Crippen LogP contribution >= 0.6 is 0 Å². The minimum atomic E-state index is -0.0815. The summed E-state index contributed by atoms with van der Waals surface area (Å²) in [5.41, 5.74) is 3.95. The van der Waals surface area contributed by atoms with Gasteiger partial charge in [0.15, 0.2) is 0 Å². The number of anilines is 2. The zero-order valence-corrected chi connectivity index (χ0v) is 13.6. The highest BCUT2D eigenvalue weighted by molar-refractivity contribution is 5.93. The minimum absolute atomic E-state index is 0.0815. The second-order valence-electron chi connectivity index (χ2n) is 5.40. The molecule has 2 aromatic carbocycles. The van der Waals surface area contributed by atoms with Crippen LogP contribution in [0.2, 0.25) is 0 Å². The Bertz CT molecular complexity index is 658. The molecule has 1 amide bonds. The highest BCUT2D eigenvalue weighted by atomic mass is 16.5. The number of carbonyl (C=O) groups is 1. The zero-order valence-electron chi connectivity index (χ0n) is 13.6. The van der Waals surface area contributed by atoms with Gasteiger partial charge in [-0.3, -0.25) is 4.79 Å². The third kappa shape index (κ3) is 5.51. The summed E-state index contributed by atoms with van der Waals surface area (Å²) in [4.78, 5) is 12.0. The lowest BCUT2D eigenvalue weighted by Crippen LogP contribution is -2.21. The van der Waals surface area contributed by atoms with Gasteiger partial charge in [-0.25, -0.2) is 0 Å². The Morgan fingerprint density at radius 2 is 1.74 bits per heavy atom. The molecule has 4 heteroatoms. The molecule has 0 unspecified atom stereocenters. The number of amides is 1. The fourth-order valence-corrected chi connectivity index (χ4v) is 2.26. The van der Waals surface area contributed by atoms with Crippen molar-refractivity contribution in [3.05, 3.63) is 66.2 Å². The fraction of sp³-hybridized carbons (Fsp3) is 0.211. The number of hydrogen-bond acceptors (Lipinski definition) is 3. The molecule has 2 N–H and O–H groups in total. The molecular formula is C19H22N2O2. The van der Waals surface area contributed by atoms with Crippen LogP contribution in [0.5, 0.6) is 5.75 Å². The van der Waals surface area contributed by atoms with Gasteiger partial charge in [-0.2, -0.15) is 0 Å². The largest absolute Gasteiger partial charge is 0.490 e. The number of nitrogens with one attached hydrogen (secondary N) is 2. The second kappa shape index (κ2) is 8.03. The third-order valence-corrected chi connectivity index (χ3v) is 3.18. The average Bonchev–Trinajstić information content (AvgIpc) is 2.51. The molecule has 2 rings (SSSR count). The molecule has 0 saturated carbocycles. The SMILES string of the molecule is C=CCOc1ccc(NCC(=O)Nc2cc(C)cc(C)c2)cc1. The lowest BCUT2D eigenvalue weighted by Gasteiger charge is -2.10. The lowest BCUT2D eigenvalue weighted by molar-refractivity contribution is -0.114. The van der Waals surface area contributed by atoms with Crippen molar-refractivity contribution in [1.29, 1.82) is 0 Å². The van der Waals surface area contributed by atoms with E-state index in [1.54, 1.807) is 6.08 Å². The second-order valence-corrected chi connectivity index (χ2v) is 5.40. The number of rotatable bonds is 7. The first-order valence-electron chi connectivity index (χ1n) is 7.52. The maximum Gasteiger partial charge on any atom is 0.243 e. The summed E-state index contributed by atoms with van der Waals surface area (Å²) in [5, 5.41) is 5.99. The van der Waals surface area contributed by atoms with Gasteiger partial charge in [0, 0.05) is 11.4 Å². The quantitative estimate of drug-likeness (QED) is 0.762. The number of hydrogen-bond donors (Lipinski definition) is 2. The van der Waals surface area contributed by atoms with Gasteiger partial charge < -0.3 is 15.4 Å². The molecule has 0 fully saturated rings. The van der Waals surface area contributed by atoms with Crippen LogP contribution in [0.1, 0.15) is 11.1 Å². The van der Waals surface area contributed by atoms with E-state index in [1.165, 1.54) is 0 Å². The van der Waals surface area contributed by atoms with Gasteiger partial charge in [-0.1, -0.05) is 18.7 Å². The van der Waals surface area contributed by atoms with E-state index < -0.39 is 0 Å². The van der Waals surface area contributed by atoms with Crippen LogP contribution in [-0.2, 0) is 4.79 Å². The number of carbonyl (C=O) groups excluding carboxylic acids is 1. The van der Waals surface area contributed by atoms with Gasteiger partial charge in [-0.15, -0.1) is 0 Å². The molecule has 23 heavy (non-hydrogen) atoms. The monoisotopic (exact) mass is 310 g/mol. The molecule has 0 aliphatic heterocycles. The summed E-state index contributed by atoms with van der Waals surface area (Å²) in [7, 11) is 0. The standard InChI is InChI=1S/C19H22N2O2/c1-4-9-23-18-7-5-16(6-8-18)20-13-19(22)21-17-11-14(2)10-15(3)12-17/h4-8,10-12,20H,1,9,13H2,2-3H3,(H,21,22). The highest BCUT2D eigenvalue weighted by Crippen LogP contribution is 2.16. The van der Waals surface area contributed by atoms with Crippen molar-refractivity contribution in [2.24, 2.45) is 0 Å². The number of benzene rings is 2. The number of aryl methyl sites for hydroxylation is 2. The molecule has 0 radical (unpaired) electrons. The van der Waals surface area contributed by atoms with E-state index in [-0.39, 0.29) is 12.5 Å². The molecule has 0 spiro atoms. The van der Waals surface area contributed by atoms with Crippen LogP contribution in [0, 0.1) is 13.8 Å². The molecular weight excluding hydrogens is 288 g/mol. The van der Waals surface area contributed by atoms with Crippen molar-refractivity contribution in [2.75, 3.05) is 23.8 Å². The molecule has 0 atom stereocenters. The first kappa shape index (κ1) is 16.6. The summed E-state index contributed by atoms with van der Waals surface area (Å²) in [6, 6.07) is 13.4. The van der Waals surface area contributed by atoms with E-state index in [0.29, 0.717) is 6.61 Å². The minimum Gasteiger partial charge on any atom is -0.490 e. The lowest BCUT2D eigenvalue weighted by atomic mass is 10.1.